The van der Waals surface area contributed by atoms with Crippen LogP contribution in [0.3, 0.4) is 0 Å². The molecule has 3 aromatic heterocycles. The molecule has 0 amide bonds. The number of aromatic amines is 2. The zero-order valence-corrected chi connectivity index (χ0v) is 35.3. The van der Waals surface area contributed by atoms with Crippen LogP contribution in [0.25, 0.3) is 55.0 Å². The number of halogens is 9. The van der Waals surface area contributed by atoms with Gasteiger partial charge in [0.15, 0.2) is 11.5 Å². The van der Waals surface area contributed by atoms with Crippen LogP contribution >= 0.6 is 0 Å². The third kappa shape index (κ3) is 9.17. The number of para-hydroxylation sites is 1. The van der Waals surface area contributed by atoms with Crippen LogP contribution in [-0.2, 0) is 32.2 Å². The van der Waals surface area contributed by atoms with E-state index in [-0.39, 0.29) is 36.5 Å². The second-order valence-corrected chi connectivity index (χ2v) is 16.0. The molecule has 0 bridgehead atoms. The summed E-state index contributed by atoms with van der Waals surface area (Å²) in [4.78, 5) is 55.0. The Morgan fingerprint density at radius 1 is 0.603 bits per heavy atom. The Bertz CT molecular complexity index is 3030. The summed E-state index contributed by atoms with van der Waals surface area (Å²) in [5.41, 5.74) is 3.50. The number of esters is 2. The van der Waals surface area contributed by atoms with Crippen LogP contribution in [0, 0.1) is 0 Å². The van der Waals surface area contributed by atoms with Crippen molar-refractivity contribution in [2.45, 2.75) is 31.6 Å². The number of anilines is 1. The number of carbonyl (C=O) groups excluding carboxylic acids is 3. The Kier molecular flexibility index (Phi) is 12.1. The van der Waals surface area contributed by atoms with Crippen molar-refractivity contribution in [3.8, 4) is 33.8 Å². The van der Waals surface area contributed by atoms with E-state index in [0.717, 1.165) is 44.8 Å². The van der Waals surface area contributed by atoms with Crippen LogP contribution in [0.1, 0.15) is 11.4 Å². The van der Waals surface area contributed by atoms with E-state index in [2.05, 4.69) is 24.5 Å². The van der Waals surface area contributed by atoms with Crippen LogP contribution < -0.4 is 19.2 Å². The summed E-state index contributed by atoms with van der Waals surface area (Å²) in [7, 11) is 0. The zero-order valence-electron chi connectivity index (χ0n) is 35.3. The quantitative estimate of drug-likeness (QED) is 0.0781. The molecule has 2 N–H and O–H groups in total. The van der Waals surface area contributed by atoms with Gasteiger partial charge in [0.2, 0.25) is 0 Å². The van der Waals surface area contributed by atoms with Crippen molar-refractivity contribution in [1.29, 1.82) is 0 Å². The van der Waals surface area contributed by atoms with Crippen molar-refractivity contribution in [2.75, 3.05) is 57.4 Å². The minimum absolute atomic E-state index is 0.0199. The average Bonchev–Trinajstić information content (AvgIpc) is 4.01. The summed E-state index contributed by atoms with van der Waals surface area (Å²) in [6.07, 6.45) is -15.4. The first kappa shape index (κ1) is 46.1. The molecule has 13 nitrogen and oxygen atoms in total. The fourth-order valence-electron chi connectivity index (χ4n) is 8.67. The van der Waals surface area contributed by atoms with Crippen molar-refractivity contribution in [1.82, 2.24) is 24.5 Å². The lowest BCUT2D eigenvalue weighted by atomic mass is 9.96. The van der Waals surface area contributed by atoms with E-state index < -0.39 is 58.8 Å². The van der Waals surface area contributed by atoms with Crippen LogP contribution in [0.2, 0.25) is 0 Å². The monoisotopic (exact) mass is 956 g/mol. The molecule has 22 heteroatoms. The topological polar surface area (TPSA) is 134 Å². The lowest BCUT2D eigenvalue weighted by Crippen LogP contribution is -2.46. The van der Waals surface area contributed by atoms with Gasteiger partial charge in [0.25, 0.3) is 0 Å². The Labute approximate surface area is 378 Å². The van der Waals surface area contributed by atoms with Gasteiger partial charge in [-0.05, 0) is 47.5 Å². The van der Waals surface area contributed by atoms with Crippen LogP contribution in [0.15, 0.2) is 91.1 Å². The number of rotatable bonds is 10. The number of H-pyrrole nitrogens is 2. The van der Waals surface area contributed by atoms with Gasteiger partial charge >= 0.3 is 36.4 Å². The Balaban J connectivity index is 1.22. The van der Waals surface area contributed by atoms with Crippen LogP contribution in [0.5, 0.6) is 11.5 Å². The molecule has 2 saturated heterocycles. The summed E-state index contributed by atoms with van der Waals surface area (Å²) in [6.45, 7) is 3.63. The number of fused-ring (bicyclic) bond motifs is 3. The van der Waals surface area contributed by atoms with Crippen molar-refractivity contribution in [3.05, 3.63) is 103 Å². The maximum atomic E-state index is 14.0. The first-order valence-electron chi connectivity index (χ1n) is 21.0. The maximum absolute atomic E-state index is 14.0. The number of nitrogens with one attached hydrogen (secondary N) is 2. The lowest BCUT2D eigenvalue weighted by Gasteiger charge is -2.36. The molecule has 0 saturated carbocycles. The number of morpholine rings is 1. The highest BCUT2D eigenvalue weighted by Gasteiger charge is 2.46. The lowest BCUT2D eigenvalue weighted by molar-refractivity contribution is -0.199. The van der Waals surface area contributed by atoms with Gasteiger partial charge in [-0.2, -0.15) is 44.2 Å². The second kappa shape index (κ2) is 17.9. The smallest absolute Gasteiger partial charge is 0.416 e. The van der Waals surface area contributed by atoms with Gasteiger partial charge < -0.3 is 33.9 Å². The summed E-state index contributed by atoms with van der Waals surface area (Å²) >= 11 is 0. The third-order valence-electron chi connectivity index (χ3n) is 11.8. The Morgan fingerprint density at radius 2 is 1.22 bits per heavy atom. The molecular formula is C46H37F9N6O7. The fraction of sp³-hybridized carbons (Fsp3) is 0.283. The molecule has 0 unspecified atom stereocenters. The highest BCUT2D eigenvalue weighted by Crippen LogP contribution is 2.47. The molecule has 5 heterocycles. The zero-order chi connectivity index (χ0) is 48.1. The predicted octanol–water partition coefficient (Wildman–Crippen LogP) is 8.55. The van der Waals surface area contributed by atoms with E-state index in [4.69, 9.17) is 14.3 Å². The standard InChI is InChI=1S/C46H37F9N6O7/c47-44(48,49)41(62)66-36-13-12-34-39(40(36)67-42(63)45(50,51)52)38(27-10-8-26(9-11-27)37-29-4-1-2-5-31(29)57-32(37)24-59-20-22-65-23-21-59)35(61(34)68-43(64)46(53,54)55)25-58-16-18-60(19-17-58)33-7-3-6-30-28(33)14-15-56-30/h1-15,56-57H,16-25H2. The van der Waals surface area contributed by atoms with Gasteiger partial charge in [-0.15, -0.1) is 0 Å². The molecule has 0 atom stereocenters. The van der Waals surface area contributed by atoms with Crippen molar-refractivity contribution in [2.24, 2.45) is 0 Å². The third-order valence-corrected chi connectivity index (χ3v) is 11.8. The average molecular weight is 957 g/mol. The van der Waals surface area contributed by atoms with E-state index >= 15 is 0 Å². The predicted molar refractivity (Wildman–Crippen MR) is 228 cm³/mol. The summed E-state index contributed by atoms with van der Waals surface area (Å²) in [5, 5.41) is 1.00. The summed E-state index contributed by atoms with van der Waals surface area (Å²) in [5.74, 6) is -11.4. The van der Waals surface area contributed by atoms with E-state index in [9.17, 15) is 53.9 Å². The molecule has 2 fully saturated rings. The summed E-state index contributed by atoms with van der Waals surface area (Å²) in [6, 6.07) is 22.4. The highest BCUT2D eigenvalue weighted by atomic mass is 19.4. The Hall–Kier alpha value is -7.04. The van der Waals surface area contributed by atoms with Crippen molar-refractivity contribution < 1.29 is 72.9 Å². The molecule has 356 valence electrons. The normalized spacial score (nSPS) is 15.6. The maximum Gasteiger partial charge on any atom is 0.493 e. The summed E-state index contributed by atoms with van der Waals surface area (Å²) < 4.78 is 140. The first-order chi connectivity index (χ1) is 32.3. The number of hydrogen-bond acceptors (Lipinski definition) is 10. The minimum atomic E-state index is -5.79. The van der Waals surface area contributed by atoms with Crippen molar-refractivity contribution >= 4 is 56.3 Å². The molecule has 2 aliphatic heterocycles. The second-order valence-electron chi connectivity index (χ2n) is 16.0. The molecular weight excluding hydrogens is 920 g/mol. The van der Waals surface area contributed by atoms with E-state index in [1.54, 1.807) is 23.2 Å². The number of carbonyl (C=O) groups is 3. The molecule has 0 radical (unpaired) electrons. The van der Waals surface area contributed by atoms with Gasteiger partial charge in [0, 0.05) is 103 Å². The SMILES string of the molecule is O=C(Oc1ccc2c(c1OC(=O)C(F)(F)F)c(-c1ccc(-c3c(CN4CCOCC4)[nH]c4ccccc34)cc1)c(CN1CCN(c3cccc4[nH]ccc34)CC1)n2OC(=O)C(F)(F)F)C(F)(F)F. The number of alkyl halides is 9. The van der Waals surface area contributed by atoms with Gasteiger partial charge in [-0.1, -0.05) is 48.5 Å². The molecule has 0 spiro atoms. The molecule has 7 aromatic rings. The fourth-order valence-corrected chi connectivity index (χ4v) is 8.67. The number of hydrogen-bond donors (Lipinski definition) is 2. The molecule has 4 aromatic carbocycles. The molecule has 0 aliphatic carbocycles. The van der Waals surface area contributed by atoms with Gasteiger partial charge in [0.05, 0.1) is 29.8 Å². The highest BCUT2D eigenvalue weighted by molar-refractivity contribution is 6.06. The molecule has 9 rings (SSSR count). The van der Waals surface area contributed by atoms with E-state index in [0.29, 0.717) is 62.3 Å². The number of benzene rings is 4. The van der Waals surface area contributed by atoms with Crippen LogP contribution in [-0.4, -0.2) is 113 Å². The number of aromatic nitrogens is 3. The van der Waals surface area contributed by atoms with Gasteiger partial charge in [-0.25, -0.2) is 14.4 Å². The van der Waals surface area contributed by atoms with Gasteiger partial charge in [-0.3, -0.25) is 9.80 Å². The van der Waals surface area contributed by atoms with Crippen LogP contribution in [0.4, 0.5) is 45.2 Å². The minimum Gasteiger partial charge on any atom is -0.416 e. The molecule has 68 heavy (non-hydrogen) atoms. The first-order valence-corrected chi connectivity index (χ1v) is 21.0. The van der Waals surface area contributed by atoms with E-state index in [1.807, 2.05) is 48.5 Å². The number of piperazine rings is 1. The Morgan fingerprint density at radius 3 is 1.90 bits per heavy atom. The number of nitrogens with zero attached hydrogens (tertiary/aromatic N) is 4. The number of ether oxygens (including phenoxy) is 3. The van der Waals surface area contributed by atoms with Gasteiger partial charge in [0.1, 0.15) is 0 Å². The van der Waals surface area contributed by atoms with Crippen molar-refractivity contribution in [3.63, 3.8) is 0 Å². The molecule has 2 aliphatic rings. The largest absolute Gasteiger partial charge is 0.493 e. The van der Waals surface area contributed by atoms with E-state index in [1.165, 1.54) is 12.1 Å².